The molecule has 1 aliphatic carbocycles. The van der Waals surface area contributed by atoms with Gasteiger partial charge in [0, 0.05) is 11.3 Å². The molecule has 2 aromatic rings. The zero-order valence-electron chi connectivity index (χ0n) is 18.3. The van der Waals surface area contributed by atoms with E-state index in [-0.39, 0.29) is 29.0 Å². The van der Waals surface area contributed by atoms with Crippen molar-refractivity contribution in [2.75, 3.05) is 11.3 Å². The van der Waals surface area contributed by atoms with E-state index >= 15 is 0 Å². The fraction of sp³-hybridized carbons (Fsp3) is 0.174. The third-order valence-corrected chi connectivity index (χ3v) is 6.06. The summed E-state index contributed by atoms with van der Waals surface area (Å²) in [6.45, 7) is 0.271. The number of hydrazine groups is 1. The highest BCUT2D eigenvalue weighted by atomic mass is 35.5. The molecule has 1 atom stereocenters. The van der Waals surface area contributed by atoms with Gasteiger partial charge in [-0.15, -0.1) is 16.7 Å². The SMILES string of the molecule is N/C(=N\N(N)CC1=CC(Cl)CC=C1)c1cccc(NS(=O)(=O)/C=C/c2cccc(C(F)(F)F)c2)c1. The van der Waals surface area contributed by atoms with Gasteiger partial charge in [-0.05, 0) is 47.9 Å². The Hall–Kier alpha value is -3.28. The number of anilines is 1. The Kier molecular flexibility index (Phi) is 8.26. The number of benzene rings is 2. The molecule has 1 unspecified atom stereocenters. The van der Waals surface area contributed by atoms with Crippen LogP contribution in [0.5, 0.6) is 0 Å². The van der Waals surface area contributed by atoms with E-state index in [9.17, 15) is 21.6 Å². The third kappa shape index (κ3) is 8.16. The molecule has 0 aromatic heterocycles. The Morgan fingerprint density at radius 3 is 2.69 bits per heavy atom. The van der Waals surface area contributed by atoms with Gasteiger partial charge >= 0.3 is 6.18 Å². The number of nitrogens with two attached hydrogens (primary N) is 2. The number of hydrogen-bond acceptors (Lipinski definition) is 5. The first-order chi connectivity index (χ1) is 16.4. The lowest BCUT2D eigenvalue weighted by atomic mass is 10.1. The fourth-order valence-corrected chi connectivity index (χ4v) is 4.28. The molecule has 0 spiro atoms. The standard InChI is InChI=1S/C23H23ClF3N5O2S/c24-20-8-2-5-17(13-20)15-32(29)30-22(28)18-6-3-9-21(14-18)31-35(33,34)11-10-16-4-1-7-19(12-16)23(25,26)27/h1-7,9-14,20,31H,8,15,29H2,(H2,28,30)/b11-10+. The first-order valence-corrected chi connectivity index (χ1v) is 12.3. The third-order valence-electron chi connectivity index (χ3n) is 4.74. The van der Waals surface area contributed by atoms with Gasteiger partial charge in [0.15, 0.2) is 5.84 Å². The molecule has 0 saturated heterocycles. The number of hydrogen-bond donors (Lipinski definition) is 3. The molecule has 7 nitrogen and oxygen atoms in total. The van der Waals surface area contributed by atoms with E-state index in [0.717, 1.165) is 40.7 Å². The van der Waals surface area contributed by atoms with Crippen molar-refractivity contribution in [1.82, 2.24) is 5.12 Å². The van der Waals surface area contributed by atoms with Crippen molar-refractivity contribution in [3.63, 3.8) is 0 Å². The van der Waals surface area contributed by atoms with Crippen molar-refractivity contribution in [3.8, 4) is 0 Å². The van der Waals surface area contributed by atoms with E-state index in [4.69, 9.17) is 23.2 Å². The van der Waals surface area contributed by atoms with Gasteiger partial charge < -0.3 is 5.73 Å². The van der Waals surface area contributed by atoms with Crippen molar-refractivity contribution < 1.29 is 21.6 Å². The average molecular weight is 526 g/mol. The molecule has 0 saturated carbocycles. The molecule has 3 rings (SSSR count). The smallest absolute Gasteiger partial charge is 0.382 e. The molecule has 2 aromatic carbocycles. The van der Waals surface area contributed by atoms with Gasteiger partial charge in [0.25, 0.3) is 10.0 Å². The number of sulfonamides is 1. The number of alkyl halides is 4. The van der Waals surface area contributed by atoms with Crippen molar-refractivity contribution in [2.45, 2.75) is 18.0 Å². The van der Waals surface area contributed by atoms with Gasteiger partial charge in [0.1, 0.15) is 0 Å². The average Bonchev–Trinajstić information content (AvgIpc) is 2.77. The van der Waals surface area contributed by atoms with Crippen LogP contribution in [0.1, 0.15) is 23.1 Å². The molecule has 35 heavy (non-hydrogen) atoms. The summed E-state index contributed by atoms with van der Waals surface area (Å²) >= 11 is 6.10. The maximum atomic E-state index is 12.8. The molecule has 0 heterocycles. The summed E-state index contributed by atoms with van der Waals surface area (Å²) < 4.78 is 65.7. The molecule has 0 amide bonds. The quantitative estimate of drug-likeness (QED) is 0.155. The highest BCUT2D eigenvalue weighted by molar-refractivity contribution is 7.95. The van der Waals surface area contributed by atoms with Crippen LogP contribution in [-0.4, -0.2) is 31.3 Å². The van der Waals surface area contributed by atoms with Gasteiger partial charge in [-0.25, -0.2) is 19.4 Å². The van der Waals surface area contributed by atoms with Crippen LogP contribution in [0.3, 0.4) is 0 Å². The van der Waals surface area contributed by atoms with E-state index < -0.39 is 21.8 Å². The Morgan fingerprint density at radius 1 is 1.23 bits per heavy atom. The summed E-state index contributed by atoms with van der Waals surface area (Å²) in [5.41, 5.74) is 6.70. The number of rotatable bonds is 8. The molecule has 186 valence electrons. The summed E-state index contributed by atoms with van der Waals surface area (Å²) in [5, 5.41) is 5.93. The molecule has 12 heteroatoms. The van der Waals surface area contributed by atoms with Gasteiger partial charge in [0.2, 0.25) is 0 Å². The normalized spacial score (nSPS) is 16.9. The lowest BCUT2D eigenvalue weighted by molar-refractivity contribution is -0.137. The van der Waals surface area contributed by atoms with Crippen LogP contribution < -0.4 is 16.3 Å². The van der Waals surface area contributed by atoms with E-state index in [1.165, 1.54) is 24.3 Å². The zero-order chi connectivity index (χ0) is 25.6. The second kappa shape index (κ2) is 11.0. The summed E-state index contributed by atoms with van der Waals surface area (Å²) in [6.07, 6.45) is 2.98. The molecule has 5 N–H and O–H groups in total. The second-order valence-electron chi connectivity index (χ2n) is 7.63. The Morgan fingerprint density at radius 2 is 1.97 bits per heavy atom. The fourth-order valence-electron chi connectivity index (χ4n) is 3.16. The van der Waals surface area contributed by atoms with Crippen LogP contribution in [0.2, 0.25) is 0 Å². The highest BCUT2D eigenvalue weighted by Crippen LogP contribution is 2.29. The van der Waals surface area contributed by atoms with Crippen molar-refractivity contribution in [2.24, 2.45) is 16.7 Å². The van der Waals surface area contributed by atoms with Crippen molar-refractivity contribution in [3.05, 3.63) is 94.4 Å². The van der Waals surface area contributed by atoms with E-state index in [0.29, 0.717) is 5.56 Å². The van der Waals surface area contributed by atoms with Crippen LogP contribution in [0, 0.1) is 0 Å². The summed E-state index contributed by atoms with van der Waals surface area (Å²) in [5.74, 6) is 5.97. The topological polar surface area (TPSA) is 114 Å². The van der Waals surface area contributed by atoms with Gasteiger partial charge in [0.05, 0.1) is 22.9 Å². The minimum atomic E-state index is -4.53. The monoisotopic (exact) mass is 525 g/mol. The summed E-state index contributed by atoms with van der Waals surface area (Å²) in [6, 6.07) is 10.5. The van der Waals surface area contributed by atoms with Crippen molar-refractivity contribution >= 4 is 39.2 Å². The lowest BCUT2D eigenvalue weighted by Gasteiger charge is -2.17. The zero-order valence-corrected chi connectivity index (χ0v) is 19.9. The first kappa shape index (κ1) is 26.3. The maximum absolute atomic E-state index is 12.8. The lowest BCUT2D eigenvalue weighted by Crippen LogP contribution is -2.31. The number of amidine groups is 1. The van der Waals surface area contributed by atoms with Crippen LogP contribution in [0.4, 0.5) is 18.9 Å². The number of nitrogens with zero attached hydrogens (tertiary/aromatic N) is 2. The molecule has 0 aliphatic heterocycles. The Labute approximate surface area is 206 Å². The highest BCUT2D eigenvalue weighted by Gasteiger charge is 2.30. The van der Waals surface area contributed by atoms with Gasteiger partial charge in [-0.1, -0.05) is 42.5 Å². The largest absolute Gasteiger partial charge is 0.416 e. The maximum Gasteiger partial charge on any atom is 0.416 e. The number of halogens is 4. The Bertz CT molecular complexity index is 1290. The van der Waals surface area contributed by atoms with E-state index in [1.807, 2.05) is 18.2 Å². The van der Waals surface area contributed by atoms with Crippen LogP contribution in [0.15, 0.2) is 82.8 Å². The predicted molar refractivity (Wildman–Crippen MR) is 133 cm³/mol. The second-order valence-corrected chi connectivity index (χ2v) is 9.76. The predicted octanol–water partition coefficient (Wildman–Crippen LogP) is 4.41. The molecule has 0 fully saturated rings. The minimum Gasteiger partial charge on any atom is -0.382 e. The molecule has 1 aliphatic rings. The molecule has 0 radical (unpaired) electrons. The van der Waals surface area contributed by atoms with E-state index in [1.54, 1.807) is 12.1 Å². The van der Waals surface area contributed by atoms with Crippen LogP contribution >= 0.6 is 11.6 Å². The molecular weight excluding hydrogens is 503 g/mol. The number of allylic oxidation sites excluding steroid dienone is 2. The van der Waals surface area contributed by atoms with Crippen LogP contribution in [-0.2, 0) is 16.2 Å². The van der Waals surface area contributed by atoms with E-state index in [2.05, 4.69) is 9.82 Å². The summed E-state index contributed by atoms with van der Waals surface area (Å²) in [4.78, 5) is 0. The number of hydrazone groups is 1. The van der Waals surface area contributed by atoms with Crippen LogP contribution in [0.25, 0.3) is 6.08 Å². The summed E-state index contributed by atoms with van der Waals surface area (Å²) in [7, 11) is -4.03. The van der Waals surface area contributed by atoms with Gasteiger partial charge in [-0.2, -0.15) is 13.2 Å². The Balaban J connectivity index is 1.69. The molecule has 0 bridgehead atoms. The first-order valence-electron chi connectivity index (χ1n) is 10.3. The van der Waals surface area contributed by atoms with Crippen molar-refractivity contribution in [1.29, 1.82) is 0 Å². The molecular formula is C23H23ClF3N5O2S. The number of nitrogens with one attached hydrogen (secondary N) is 1. The minimum absolute atomic E-state index is 0.0517. The van der Waals surface area contributed by atoms with Gasteiger partial charge in [-0.3, -0.25) is 4.72 Å².